The van der Waals surface area contributed by atoms with E-state index in [1.807, 2.05) is 13.8 Å². The molecule has 0 amide bonds. The number of aliphatic hydroxyl groups is 2. The average Bonchev–Trinajstić information content (AvgIpc) is 2.44. The number of hydrogen-bond donors (Lipinski definition) is 2. The van der Waals surface area contributed by atoms with Crippen molar-refractivity contribution >= 4 is 11.9 Å². The molecule has 0 aliphatic carbocycles. The summed E-state index contributed by atoms with van der Waals surface area (Å²) in [7, 11) is 0. The van der Waals surface area contributed by atoms with Gasteiger partial charge in [0.25, 0.3) is 0 Å². The summed E-state index contributed by atoms with van der Waals surface area (Å²) in [5, 5.41) is 19.9. The molecule has 1 aliphatic rings. The van der Waals surface area contributed by atoms with E-state index in [4.69, 9.17) is 14.2 Å². The molecule has 0 aromatic heterocycles. The Morgan fingerprint density at radius 3 is 2.33 bits per heavy atom. The van der Waals surface area contributed by atoms with E-state index in [9.17, 15) is 19.8 Å². The largest absolute Gasteiger partial charge is 0.463 e. The normalized spacial score (nSPS) is 29.0. The third kappa shape index (κ3) is 5.61. The van der Waals surface area contributed by atoms with Crippen LogP contribution >= 0.6 is 0 Å². The Bertz CT molecular complexity index is 342. The van der Waals surface area contributed by atoms with Gasteiger partial charge in [-0.1, -0.05) is 13.8 Å². The SMILES string of the molecule is CCCC(=O)OC[C@H]1OC[C@H](OC(=O)CCC)[C@@H](O)[C@@H]1O. The Morgan fingerprint density at radius 1 is 1.10 bits per heavy atom. The lowest BCUT2D eigenvalue weighted by Gasteiger charge is -2.36. The summed E-state index contributed by atoms with van der Waals surface area (Å²) in [6.07, 6.45) is -2.39. The number of aliphatic hydroxyl groups excluding tert-OH is 2. The molecule has 1 heterocycles. The van der Waals surface area contributed by atoms with Gasteiger partial charge in [-0.3, -0.25) is 9.59 Å². The van der Waals surface area contributed by atoms with Crippen LogP contribution in [0.2, 0.25) is 0 Å². The summed E-state index contributed by atoms with van der Waals surface area (Å²) in [5.74, 6) is -0.815. The first-order valence-corrected chi connectivity index (χ1v) is 7.32. The van der Waals surface area contributed by atoms with Crippen molar-refractivity contribution in [3.8, 4) is 0 Å². The average molecular weight is 304 g/mol. The van der Waals surface area contributed by atoms with Gasteiger partial charge in [-0.25, -0.2) is 0 Å². The summed E-state index contributed by atoms with van der Waals surface area (Å²) < 4.78 is 15.3. The fourth-order valence-electron chi connectivity index (χ4n) is 1.99. The van der Waals surface area contributed by atoms with Crippen molar-refractivity contribution in [2.75, 3.05) is 13.2 Å². The van der Waals surface area contributed by atoms with Crippen LogP contribution < -0.4 is 0 Å². The highest BCUT2D eigenvalue weighted by Gasteiger charge is 2.40. The van der Waals surface area contributed by atoms with Crippen LogP contribution in [0.4, 0.5) is 0 Å². The summed E-state index contributed by atoms with van der Waals surface area (Å²) in [4.78, 5) is 22.7. The van der Waals surface area contributed by atoms with Crippen molar-refractivity contribution in [3.63, 3.8) is 0 Å². The van der Waals surface area contributed by atoms with Gasteiger partial charge in [-0.15, -0.1) is 0 Å². The molecule has 1 fully saturated rings. The molecule has 0 spiro atoms. The number of hydrogen-bond acceptors (Lipinski definition) is 7. The first-order chi connectivity index (χ1) is 9.99. The Labute approximate surface area is 124 Å². The minimum Gasteiger partial charge on any atom is -0.463 e. The van der Waals surface area contributed by atoms with Gasteiger partial charge >= 0.3 is 11.9 Å². The van der Waals surface area contributed by atoms with Crippen LogP contribution in [-0.4, -0.2) is 59.8 Å². The van der Waals surface area contributed by atoms with Crippen molar-refractivity contribution in [3.05, 3.63) is 0 Å². The molecular formula is C14H24O7. The Hall–Kier alpha value is -1.18. The predicted molar refractivity (Wildman–Crippen MR) is 72.4 cm³/mol. The molecule has 122 valence electrons. The van der Waals surface area contributed by atoms with Gasteiger partial charge in [0, 0.05) is 12.8 Å². The van der Waals surface area contributed by atoms with Crippen LogP contribution in [0.25, 0.3) is 0 Å². The number of carbonyl (C=O) groups excluding carboxylic acids is 2. The monoisotopic (exact) mass is 304 g/mol. The fourth-order valence-corrected chi connectivity index (χ4v) is 1.99. The van der Waals surface area contributed by atoms with Gasteiger partial charge in [0.2, 0.25) is 0 Å². The Morgan fingerprint density at radius 2 is 1.71 bits per heavy atom. The van der Waals surface area contributed by atoms with Crippen LogP contribution in [0, 0.1) is 0 Å². The minimum atomic E-state index is -1.27. The maximum Gasteiger partial charge on any atom is 0.306 e. The van der Waals surface area contributed by atoms with Crippen molar-refractivity contribution in [1.29, 1.82) is 0 Å². The summed E-state index contributed by atoms with van der Waals surface area (Å²) in [6.45, 7) is 3.52. The van der Waals surface area contributed by atoms with E-state index in [0.29, 0.717) is 19.3 Å². The second-order valence-electron chi connectivity index (χ2n) is 5.06. The maximum atomic E-state index is 11.4. The topological polar surface area (TPSA) is 102 Å². The zero-order chi connectivity index (χ0) is 15.8. The first kappa shape index (κ1) is 17.9. The quantitative estimate of drug-likeness (QED) is 0.646. The van der Waals surface area contributed by atoms with E-state index >= 15 is 0 Å². The van der Waals surface area contributed by atoms with Gasteiger partial charge in [-0.2, -0.15) is 0 Å². The molecule has 0 aromatic rings. The van der Waals surface area contributed by atoms with Crippen LogP contribution in [0.5, 0.6) is 0 Å². The molecule has 0 unspecified atom stereocenters. The Kier molecular flexibility index (Phi) is 7.63. The van der Waals surface area contributed by atoms with Crippen molar-refractivity contribution in [2.45, 2.75) is 63.9 Å². The van der Waals surface area contributed by atoms with Crippen LogP contribution in [0.1, 0.15) is 39.5 Å². The van der Waals surface area contributed by atoms with Crippen molar-refractivity contribution < 1.29 is 34.0 Å². The molecule has 7 nitrogen and oxygen atoms in total. The standard InChI is InChI=1S/C14H24O7/c1-3-5-11(15)20-7-9-13(17)14(18)10(8-19-9)21-12(16)6-4-2/h9-10,13-14,17-18H,3-8H2,1-2H3/t9-,10+,13-,14-/m1/s1. The maximum absolute atomic E-state index is 11.4. The number of ether oxygens (including phenoxy) is 3. The van der Waals surface area contributed by atoms with E-state index in [-0.39, 0.29) is 25.6 Å². The Balaban J connectivity index is 2.42. The third-order valence-electron chi connectivity index (χ3n) is 3.19. The molecule has 1 rings (SSSR count). The summed E-state index contributed by atoms with van der Waals surface area (Å²) >= 11 is 0. The molecule has 0 saturated carbocycles. The molecule has 4 atom stereocenters. The van der Waals surface area contributed by atoms with Gasteiger partial charge in [-0.05, 0) is 12.8 Å². The van der Waals surface area contributed by atoms with E-state index < -0.39 is 30.4 Å². The summed E-state index contributed by atoms with van der Waals surface area (Å²) in [5.41, 5.74) is 0. The highest BCUT2D eigenvalue weighted by molar-refractivity contribution is 5.69. The number of rotatable bonds is 7. The van der Waals surface area contributed by atoms with Gasteiger partial charge in [0.15, 0.2) is 6.10 Å². The fraction of sp³-hybridized carbons (Fsp3) is 0.857. The molecule has 2 N–H and O–H groups in total. The molecule has 0 radical (unpaired) electrons. The second kappa shape index (κ2) is 8.96. The lowest BCUT2D eigenvalue weighted by molar-refractivity contribution is -0.213. The summed E-state index contributed by atoms with van der Waals surface area (Å²) in [6, 6.07) is 0. The van der Waals surface area contributed by atoms with Crippen LogP contribution in [0.3, 0.4) is 0 Å². The molecule has 1 aliphatic heterocycles. The van der Waals surface area contributed by atoms with Crippen LogP contribution in [-0.2, 0) is 23.8 Å². The number of carbonyl (C=O) groups is 2. The lowest BCUT2D eigenvalue weighted by Crippen LogP contribution is -2.55. The molecule has 1 saturated heterocycles. The van der Waals surface area contributed by atoms with E-state index in [0.717, 1.165) is 0 Å². The molecular weight excluding hydrogens is 280 g/mol. The molecule has 7 heteroatoms. The molecule has 21 heavy (non-hydrogen) atoms. The highest BCUT2D eigenvalue weighted by atomic mass is 16.6. The predicted octanol–water partition coefficient (Wildman–Crippen LogP) is 0.162. The number of esters is 2. The van der Waals surface area contributed by atoms with E-state index in [1.165, 1.54) is 0 Å². The van der Waals surface area contributed by atoms with E-state index in [2.05, 4.69) is 0 Å². The van der Waals surface area contributed by atoms with Gasteiger partial charge in [0.05, 0.1) is 6.61 Å². The van der Waals surface area contributed by atoms with E-state index in [1.54, 1.807) is 0 Å². The van der Waals surface area contributed by atoms with Crippen molar-refractivity contribution in [2.24, 2.45) is 0 Å². The minimum absolute atomic E-state index is 0.0380. The third-order valence-corrected chi connectivity index (χ3v) is 3.19. The first-order valence-electron chi connectivity index (χ1n) is 7.32. The van der Waals surface area contributed by atoms with Crippen LogP contribution in [0.15, 0.2) is 0 Å². The van der Waals surface area contributed by atoms with Crippen molar-refractivity contribution in [1.82, 2.24) is 0 Å². The zero-order valence-electron chi connectivity index (χ0n) is 12.5. The second-order valence-corrected chi connectivity index (χ2v) is 5.06. The molecule has 0 aromatic carbocycles. The highest BCUT2D eigenvalue weighted by Crippen LogP contribution is 2.19. The smallest absolute Gasteiger partial charge is 0.306 e. The zero-order valence-corrected chi connectivity index (χ0v) is 12.5. The lowest BCUT2D eigenvalue weighted by atomic mass is 10.0. The van der Waals surface area contributed by atoms with Gasteiger partial charge in [0.1, 0.15) is 24.9 Å². The van der Waals surface area contributed by atoms with Gasteiger partial charge < -0.3 is 24.4 Å². The molecule has 0 bridgehead atoms.